The van der Waals surface area contributed by atoms with Gasteiger partial charge in [0.15, 0.2) is 0 Å². The third kappa shape index (κ3) is 12.1. The van der Waals surface area contributed by atoms with Gasteiger partial charge in [0.1, 0.15) is 24.4 Å². The molecule has 0 rings (SSSR count). The van der Waals surface area contributed by atoms with Crippen molar-refractivity contribution in [2.24, 2.45) is 0 Å². The molecule has 0 saturated heterocycles. The van der Waals surface area contributed by atoms with Crippen molar-refractivity contribution >= 4 is 5.97 Å². The summed E-state index contributed by atoms with van der Waals surface area (Å²) in [5, 5.41) is 61.1. The summed E-state index contributed by atoms with van der Waals surface area (Å²) in [6.45, 7) is -0.479. The number of carboxylic acid groups (broad SMARTS) is 1. The predicted octanol–water partition coefficient (Wildman–Crippen LogP) is -7.83. The van der Waals surface area contributed by atoms with Crippen LogP contribution in [0.4, 0.5) is 0 Å². The molecule has 0 aliphatic rings. The van der Waals surface area contributed by atoms with E-state index in [-0.39, 0.29) is 18.9 Å². The second kappa shape index (κ2) is 12.3. The molecule has 0 spiro atoms. The number of aliphatic hydroxyl groups excluding tert-OH is 6. The second-order valence-electron chi connectivity index (χ2n) is 2.97. The number of carbonyl (C=O) groups excluding carboxylic acids is 1. The van der Waals surface area contributed by atoms with Gasteiger partial charge < -0.3 is 40.5 Å². The Bertz CT molecular complexity index is 172. The van der Waals surface area contributed by atoms with E-state index in [4.69, 9.17) is 40.5 Å². The first-order chi connectivity index (χ1) is 7.27. The van der Waals surface area contributed by atoms with Crippen molar-refractivity contribution in [2.75, 3.05) is 13.2 Å². The van der Waals surface area contributed by atoms with Gasteiger partial charge in [-0.15, -0.1) is 0 Å². The van der Waals surface area contributed by atoms with Gasteiger partial charge in [0.2, 0.25) is 0 Å². The fraction of sp³-hybridized carbons (Fsp3) is 0.875. The van der Waals surface area contributed by atoms with Gasteiger partial charge in [-0.2, -0.15) is 0 Å². The first-order valence-corrected chi connectivity index (χ1v) is 4.39. The van der Waals surface area contributed by atoms with Crippen molar-refractivity contribution in [1.29, 1.82) is 0 Å². The van der Waals surface area contributed by atoms with Crippen LogP contribution in [0.3, 0.4) is 0 Å². The molecule has 0 aliphatic heterocycles. The average Bonchev–Trinajstić information content (AvgIpc) is 2.24. The number of rotatable bonds is 5. The monoisotopic (exact) mass is 248 g/mol. The van der Waals surface area contributed by atoms with Gasteiger partial charge >= 0.3 is 18.9 Å². The molecular formula is C8H17LiO8. The van der Waals surface area contributed by atoms with Crippen LogP contribution in [0.1, 0.15) is 6.92 Å². The maximum absolute atomic E-state index is 8.96. The van der Waals surface area contributed by atoms with E-state index in [0.717, 1.165) is 6.92 Å². The largest absolute Gasteiger partial charge is 1.00 e. The summed E-state index contributed by atoms with van der Waals surface area (Å²) in [6.07, 6.45) is -6.39. The van der Waals surface area contributed by atoms with Gasteiger partial charge in [-0.25, -0.2) is 0 Å². The van der Waals surface area contributed by atoms with Crippen molar-refractivity contribution in [2.45, 2.75) is 31.3 Å². The van der Waals surface area contributed by atoms with E-state index in [1.165, 1.54) is 0 Å². The second-order valence-corrected chi connectivity index (χ2v) is 2.97. The summed E-state index contributed by atoms with van der Waals surface area (Å²) < 4.78 is 0. The molecule has 0 saturated carbocycles. The normalized spacial score (nSPS) is 16.6. The van der Waals surface area contributed by atoms with Crippen LogP contribution in [0, 0.1) is 0 Å². The van der Waals surface area contributed by atoms with E-state index in [1.54, 1.807) is 0 Å². The van der Waals surface area contributed by atoms with E-state index >= 15 is 0 Å². The van der Waals surface area contributed by atoms with Crippen LogP contribution in [0.2, 0.25) is 0 Å². The number of carbonyl (C=O) groups is 1. The van der Waals surface area contributed by atoms with Crippen molar-refractivity contribution in [3.05, 3.63) is 0 Å². The molecule has 0 heterocycles. The molecule has 0 aromatic rings. The van der Waals surface area contributed by atoms with E-state index < -0.39 is 43.6 Å². The summed E-state index contributed by atoms with van der Waals surface area (Å²) in [4.78, 5) is 8.89. The van der Waals surface area contributed by atoms with Crippen molar-refractivity contribution in [3.63, 3.8) is 0 Å². The third-order valence-corrected chi connectivity index (χ3v) is 1.51. The summed E-state index contributed by atoms with van der Waals surface area (Å²) in [7, 11) is 0. The van der Waals surface area contributed by atoms with Crippen LogP contribution >= 0.6 is 0 Å². The Kier molecular flexibility index (Phi) is 15.9. The van der Waals surface area contributed by atoms with Gasteiger partial charge in [-0.1, -0.05) is 0 Å². The van der Waals surface area contributed by atoms with E-state index in [9.17, 15) is 0 Å². The third-order valence-electron chi connectivity index (χ3n) is 1.51. The van der Waals surface area contributed by atoms with Crippen LogP contribution < -0.4 is 24.0 Å². The molecule has 17 heavy (non-hydrogen) atoms. The number of aliphatic carboxylic acids is 1. The Morgan fingerprint density at radius 2 is 1.18 bits per heavy atom. The fourth-order valence-electron chi connectivity index (χ4n) is 0.671. The quantitative estimate of drug-likeness (QED) is 0.261. The fourth-order valence-corrected chi connectivity index (χ4v) is 0.671. The van der Waals surface area contributed by atoms with Crippen molar-refractivity contribution in [3.8, 4) is 0 Å². The number of carboxylic acids is 1. The molecule has 0 aliphatic carbocycles. The molecule has 0 aromatic heterocycles. The molecule has 0 aromatic carbocycles. The van der Waals surface area contributed by atoms with Crippen molar-refractivity contribution < 1.29 is 59.4 Å². The Hall–Kier alpha value is -0.173. The molecule has 0 bridgehead atoms. The Labute approximate surface area is 110 Å². The van der Waals surface area contributed by atoms with Gasteiger partial charge in [0.25, 0.3) is 0 Å². The molecule has 0 unspecified atom stereocenters. The molecule has 4 atom stereocenters. The van der Waals surface area contributed by atoms with E-state index in [0.29, 0.717) is 0 Å². The number of hydrogen-bond acceptors (Lipinski definition) is 8. The number of hydrogen-bond donors (Lipinski definition) is 6. The van der Waals surface area contributed by atoms with Crippen molar-refractivity contribution in [1.82, 2.24) is 0 Å². The standard InChI is InChI=1S/C6H14O6.C2H4O2.Li/c7-1-3(9)5(11)6(12)4(10)2-8;1-2(3)4;/h3-12H,1-2H2;1H3,(H,3,4);/q;;+1/p-1/t3-,4+,5-,6-;;/m1../s1. The molecule has 0 fully saturated rings. The van der Waals surface area contributed by atoms with Crippen LogP contribution in [0.5, 0.6) is 0 Å². The maximum atomic E-state index is 8.96. The zero-order valence-corrected chi connectivity index (χ0v) is 9.72. The summed E-state index contributed by atoms with van der Waals surface area (Å²) >= 11 is 0. The zero-order chi connectivity index (χ0) is 13.3. The Morgan fingerprint density at radius 1 is 1.00 bits per heavy atom. The Morgan fingerprint density at radius 3 is 1.29 bits per heavy atom. The minimum absolute atomic E-state index is 0. The first kappa shape index (κ1) is 22.0. The Balaban J connectivity index is -0.000000340. The molecule has 9 heteroatoms. The van der Waals surface area contributed by atoms with Gasteiger partial charge in [-0.3, -0.25) is 0 Å². The minimum Gasteiger partial charge on any atom is -0.550 e. The van der Waals surface area contributed by atoms with Crippen LogP contribution in [0.25, 0.3) is 0 Å². The summed E-state index contributed by atoms with van der Waals surface area (Å²) in [5.41, 5.74) is 0. The van der Waals surface area contributed by atoms with Crippen LogP contribution in [0.15, 0.2) is 0 Å². The molecule has 0 radical (unpaired) electrons. The molecule has 6 N–H and O–H groups in total. The summed E-state index contributed by atoms with van der Waals surface area (Å²) in [6, 6.07) is 0. The molecule has 0 amide bonds. The zero-order valence-electron chi connectivity index (χ0n) is 9.72. The maximum Gasteiger partial charge on any atom is 1.00 e. The molecule has 8 nitrogen and oxygen atoms in total. The van der Waals surface area contributed by atoms with Crippen LogP contribution in [-0.4, -0.2) is 74.2 Å². The number of aliphatic hydroxyl groups is 6. The molecule has 98 valence electrons. The van der Waals surface area contributed by atoms with Gasteiger partial charge in [0, 0.05) is 5.97 Å². The van der Waals surface area contributed by atoms with E-state index in [2.05, 4.69) is 0 Å². The topological polar surface area (TPSA) is 162 Å². The van der Waals surface area contributed by atoms with Gasteiger partial charge in [0.05, 0.1) is 13.2 Å². The summed E-state index contributed by atoms with van der Waals surface area (Å²) in [5.74, 6) is -1.08. The van der Waals surface area contributed by atoms with E-state index in [1.807, 2.05) is 0 Å². The minimum atomic E-state index is -1.67. The molecular weight excluding hydrogens is 231 g/mol. The van der Waals surface area contributed by atoms with Gasteiger partial charge in [-0.05, 0) is 6.92 Å². The SMILES string of the molecule is CC(=O)[O-].OC[C@@H](O)[C@@H](O)[C@H](O)[C@@H](O)CO.[Li+]. The van der Waals surface area contributed by atoms with Crippen LogP contribution in [-0.2, 0) is 4.79 Å². The smallest absolute Gasteiger partial charge is 0.550 e. The first-order valence-electron chi connectivity index (χ1n) is 4.39. The average molecular weight is 248 g/mol. The predicted molar refractivity (Wildman–Crippen MR) is 48.9 cm³/mol.